The molecule has 0 saturated carbocycles. The van der Waals surface area contributed by atoms with E-state index in [1.165, 1.54) is 148 Å². The Balaban J connectivity index is 4.18. The Kier molecular flexibility index (Phi) is 48.2. The summed E-state index contributed by atoms with van der Waals surface area (Å²) >= 11 is 0. The maximum atomic E-state index is 12.8. The van der Waals surface area contributed by atoms with Gasteiger partial charge >= 0.3 is 11.9 Å². The molecule has 0 aromatic carbocycles. The summed E-state index contributed by atoms with van der Waals surface area (Å²) < 4.78 is 17.3. The summed E-state index contributed by atoms with van der Waals surface area (Å²) in [7, 11) is 5.42. The van der Waals surface area contributed by atoms with E-state index in [1.807, 2.05) is 0 Å². The van der Waals surface area contributed by atoms with E-state index in [9.17, 15) is 19.5 Å². The lowest BCUT2D eigenvalue weighted by atomic mass is 10.0. The van der Waals surface area contributed by atoms with Crippen LogP contribution in [0.25, 0.3) is 0 Å². The first-order valence-electron chi connectivity index (χ1n) is 28.3. The molecule has 394 valence electrons. The minimum atomic E-state index is -1.13. The second kappa shape index (κ2) is 50.4. The van der Waals surface area contributed by atoms with E-state index in [4.69, 9.17) is 14.2 Å². The van der Waals surface area contributed by atoms with Crippen LogP contribution < -0.4 is 5.11 Å². The van der Waals surface area contributed by atoms with Gasteiger partial charge in [0.05, 0.1) is 40.3 Å². The van der Waals surface area contributed by atoms with Crippen molar-refractivity contribution < 1.29 is 38.2 Å². The predicted octanol–water partition coefficient (Wildman–Crippen LogP) is 15.5. The highest BCUT2D eigenvalue weighted by molar-refractivity contribution is 5.70. The van der Waals surface area contributed by atoms with Gasteiger partial charge in [-0.25, -0.2) is 0 Å². The zero-order valence-corrected chi connectivity index (χ0v) is 45.0. The van der Waals surface area contributed by atoms with Crippen molar-refractivity contribution in [2.45, 2.75) is 264 Å². The maximum Gasteiger partial charge on any atom is 0.306 e. The first-order valence-corrected chi connectivity index (χ1v) is 28.3. The SMILES string of the molecule is CC/C=C\C/C=C\C/C=C\C/C=C\CCCCCCCCCCC(=O)OC(COCCC(C(=O)[O-])[N+](C)(C)C)COC(=O)CCCCCCCCCCCCC/C=C\CCCCCCCCCC. The van der Waals surface area contributed by atoms with Crippen molar-refractivity contribution >= 4 is 17.9 Å². The molecule has 0 spiro atoms. The largest absolute Gasteiger partial charge is 0.544 e. The van der Waals surface area contributed by atoms with E-state index in [-0.39, 0.29) is 42.7 Å². The van der Waals surface area contributed by atoms with Crippen LogP contribution in [0, 0.1) is 0 Å². The fraction of sp³-hybridized carbons (Fsp3) is 0.783. The normalized spacial score (nSPS) is 13.2. The van der Waals surface area contributed by atoms with Crippen LogP contribution in [0.2, 0.25) is 0 Å². The van der Waals surface area contributed by atoms with Crippen molar-refractivity contribution in [2.24, 2.45) is 0 Å². The molecule has 0 saturated heterocycles. The van der Waals surface area contributed by atoms with Crippen LogP contribution in [0.5, 0.6) is 0 Å². The minimum absolute atomic E-state index is 0.0367. The molecule has 0 fully saturated rings. The quantitative estimate of drug-likeness (QED) is 0.0259. The summed E-state index contributed by atoms with van der Waals surface area (Å²) in [6.45, 7) is 4.57. The molecule has 0 radical (unpaired) electrons. The van der Waals surface area contributed by atoms with Crippen LogP contribution in [-0.2, 0) is 28.6 Å². The monoisotopic (exact) mass is 954 g/mol. The molecule has 0 bridgehead atoms. The Hall–Kier alpha value is -2.97. The van der Waals surface area contributed by atoms with Gasteiger partial charge in [-0.05, 0) is 77.0 Å². The van der Waals surface area contributed by atoms with Gasteiger partial charge in [-0.2, -0.15) is 0 Å². The second-order valence-electron chi connectivity index (χ2n) is 20.1. The van der Waals surface area contributed by atoms with E-state index in [0.717, 1.165) is 70.6 Å². The van der Waals surface area contributed by atoms with Gasteiger partial charge in [0.2, 0.25) is 0 Å². The zero-order valence-electron chi connectivity index (χ0n) is 45.0. The minimum Gasteiger partial charge on any atom is -0.544 e. The number of ether oxygens (including phenoxy) is 3. The molecular weight excluding hydrogens is 847 g/mol. The van der Waals surface area contributed by atoms with Gasteiger partial charge in [0.15, 0.2) is 6.10 Å². The smallest absolute Gasteiger partial charge is 0.306 e. The van der Waals surface area contributed by atoms with Gasteiger partial charge in [-0.3, -0.25) is 9.59 Å². The van der Waals surface area contributed by atoms with Crippen molar-refractivity contribution in [1.29, 1.82) is 0 Å². The lowest BCUT2D eigenvalue weighted by Gasteiger charge is -2.34. The number of unbranched alkanes of at least 4 members (excludes halogenated alkanes) is 27. The van der Waals surface area contributed by atoms with E-state index >= 15 is 0 Å². The summed E-state index contributed by atoms with van der Waals surface area (Å²) in [5.41, 5.74) is 0. The molecule has 0 aromatic rings. The fourth-order valence-electron chi connectivity index (χ4n) is 8.29. The lowest BCUT2D eigenvalue weighted by Crippen LogP contribution is -2.55. The molecule has 0 aromatic heterocycles. The van der Waals surface area contributed by atoms with E-state index in [0.29, 0.717) is 12.8 Å². The van der Waals surface area contributed by atoms with E-state index < -0.39 is 18.1 Å². The zero-order chi connectivity index (χ0) is 49.9. The third kappa shape index (κ3) is 48.1. The van der Waals surface area contributed by atoms with E-state index in [2.05, 4.69) is 74.6 Å². The number of carbonyl (C=O) groups excluding carboxylic acids is 3. The van der Waals surface area contributed by atoms with Gasteiger partial charge in [-0.1, -0.05) is 216 Å². The second-order valence-corrected chi connectivity index (χ2v) is 20.1. The number of allylic oxidation sites excluding steroid dienone is 10. The Labute approximate surface area is 419 Å². The third-order valence-electron chi connectivity index (χ3n) is 12.6. The van der Waals surface area contributed by atoms with Crippen LogP contribution in [0.1, 0.15) is 251 Å². The standard InChI is InChI=1S/C60H107NO7/c1-6-8-10-12-14-16-18-20-22-24-26-28-29-31-32-34-36-38-40-42-44-46-48-50-58(62)67-55-56(54-66-53-52-57(60(64)65)61(3,4)5)68-59(63)51-49-47-45-43-41-39-37-35-33-30-27-25-23-21-19-17-15-13-11-9-7-2/h9,11,15,17,21,23-24,26-27,30,56-57H,6-8,10,12-14,16,18-20,22,25,28-29,31-55H2,1-5H3/b11-9-,17-15-,23-21-,26-24-,30-27-. The summed E-state index contributed by atoms with van der Waals surface area (Å²) in [6, 6.07) is -0.730. The average molecular weight is 955 g/mol. The predicted molar refractivity (Wildman–Crippen MR) is 286 cm³/mol. The van der Waals surface area contributed by atoms with Crippen molar-refractivity contribution in [3.63, 3.8) is 0 Å². The molecule has 68 heavy (non-hydrogen) atoms. The Morgan fingerprint density at radius 2 is 0.824 bits per heavy atom. The highest BCUT2D eigenvalue weighted by atomic mass is 16.6. The van der Waals surface area contributed by atoms with E-state index in [1.54, 1.807) is 21.1 Å². The van der Waals surface area contributed by atoms with Crippen LogP contribution in [-0.4, -0.2) is 75.5 Å². The number of carbonyl (C=O) groups is 3. The van der Waals surface area contributed by atoms with Crippen molar-refractivity contribution in [3.05, 3.63) is 60.8 Å². The first kappa shape index (κ1) is 65.0. The highest BCUT2D eigenvalue weighted by Crippen LogP contribution is 2.16. The van der Waals surface area contributed by atoms with Crippen molar-refractivity contribution in [1.82, 2.24) is 0 Å². The number of hydrogen-bond acceptors (Lipinski definition) is 7. The Morgan fingerprint density at radius 1 is 0.456 bits per heavy atom. The third-order valence-corrected chi connectivity index (χ3v) is 12.6. The van der Waals surface area contributed by atoms with Gasteiger partial charge in [0, 0.05) is 19.3 Å². The lowest BCUT2D eigenvalue weighted by molar-refractivity contribution is -0.889. The Morgan fingerprint density at radius 3 is 1.24 bits per heavy atom. The molecule has 0 rings (SSSR count). The topological polar surface area (TPSA) is 102 Å². The number of esters is 2. The number of rotatable bonds is 51. The molecule has 0 heterocycles. The van der Waals surface area contributed by atoms with Crippen LogP contribution in [0.4, 0.5) is 0 Å². The van der Waals surface area contributed by atoms with Gasteiger partial charge in [-0.15, -0.1) is 0 Å². The number of carboxylic acid groups (broad SMARTS) is 1. The van der Waals surface area contributed by atoms with Gasteiger partial charge < -0.3 is 28.6 Å². The summed E-state index contributed by atoms with van der Waals surface area (Å²) in [4.78, 5) is 37.2. The fourth-order valence-corrected chi connectivity index (χ4v) is 8.29. The number of likely N-dealkylation sites (N-methyl/N-ethyl adjacent to an activating group) is 1. The average Bonchev–Trinajstić information content (AvgIpc) is 3.30. The first-order chi connectivity index (χ1) is 33.1. The molecule has 0 aliphatic heterocycles. The summed E-state index contributed by atoms with van der Waals surface area (Å²) in [6.07, 6.45) is 64.0. The molecule has 0 aliphatic rings. The van der Waals surface area contributed by atoms with Crippen LogP contribution >= 0.6 is 0 Å². The van der Waals surface area contributed by atoms with Gasteiger partial charge in [0.25, 0.3) is 0 Å². The molecule has 0 N–H and O–H groups in total. The molecule has 0 aliphatic carbocycles. The number of aliphatic carboxylic acids is 1. The molecule has 2 unspecified atom stereocenters. The summed E-state index contributed by atoms with van der Waals surface area (Å²) in [5.74, 6) is -1.74. The highest BCUT2D eigenvalue weighted by Gasteiger charge is 2.25. The number of hydrogen-bond donors (Lipinski definition) is 0. The Bertz CT molecular complexity index is 1290. The van der Waals surface area contributed by atoms with Crippen molar-refractivity contribution in [3.8, 4) is 0 Å². The molecule has 2 atom stereocenters. The molecule has 8 nitrogen and oxygen atoms in total. The van der Waals surface area contributed by atoms with Gasteiger partial charge in [0.1, 0.15) is 12.6 Å². The van der Waals surface area contributed by atoms with Crippen molar-refractivity contribution in [2.75, 3.05) is 41.0 Å². The molecule has 0 amide bonds. The number of nitrogens with zero attached hydrogens (tertiary/aromatic N) is 1. The maximum absolute atomic E-state index is 12.8. The van der Waals surface area contributed by atoms with Crippen LogP contribution in [0.3, 0.4) is 0 Å². The number of quaternary nitrogens is 1. The number of carboxylic acids is 1. The molecular formula is C60H107NO7. The van der Waals surface area contributed by atoms with Crippen LogP contribution in [0.15, 0.2) is 60.8 Å². The molecule has 8 heteroatoms. The summed E-state index contributed by atoms with van der Waals surface area (Å²) in [5, 5.41) is 11.7.